The summed E-state index contributed by atoms with van der Waals surface area (Å²) in [5, 5.41) is 8.83. The van der Waals surface area contributed by atoms with Gasteiger partial charge in [-0.2, -0.15) is 5.10 Å². The van der Waals surface area contributed by atoms with Gasteiger partial charge in [-0.1, -0.05) is 42.8 Å². The fourth-order valence-corrected chi connectivity index (χ4v) is 3.70. The Labute approximate surface area is 131 Å². The molecule has 0 atom stereocenters. The van der Waals surface area contributed by atoms with Crippen LogP contribution in [0.5, 0.6) is 0 Å². The summed E-state index contributed by atoms with van der Waals surface area (Å²) in [5.41, 5.74) is 5.08. The third-order valence-electron chi connectivity index (χ3n) is 4.65. The van der Waals surface area contributed by atoms with Gasteiger partial charge >= 0.3 is 0 Å². The molecule has 21 heavy (non-hydrogen) atoms. The van der Waals surface area contributed by atoms with Crippen LogP contribution in [-0.4, -0.2) is 22.9 Å². The first-order valence-corrected chi connectivity index (χ1v) is 7.92. The highest BCUT2D eigenvalue weighted by molar-refractivity contribution is 6.31. The van der Waals surface area contributed by atoms with Gasteiger partial charge in [0.2, 0.25) is 0 Å². The van der Waals surface area contributed by atoms with Crippen molar-refractivity contribution in [3.8, 4) is 0 Å². The van der Waals surface area contributed by atoms with Crippen molar-refractivity contribution in [2.75, 3.05) is 13.1 Å². The summed E-state index contributed by atoms with van der Waals surface area (Å²) in [6.07, 6.45) is 1.81. The molecule has 1 saturated heterocycles. The molecule has 0 bridgehead atoms. The van der Waals surface area contributed by atoms with Crippen LogP contribution in [-0.2, 0) is 25.3 Å². The molecule has 1 aromatic heterocycles. The molecule has 4 heteroatoms. The summed E-state index contributed by atoms with van der Waals surface area (Å²) in [4.78, 5) is 0. The highest BCUT2D eigenvalue weighted by Crippen LogP contribution is 2.36. The number of halogens is 1. The van der Waals surface area contributed by atoms with E-state index in [1.807, 2.05) is 11.7 Å². The van der Waals surface area contributed by atoms with Crippen LogP contribution in [0.3, 0.4) is 0 Å². The van der Waals surface area contributed by atoms with E-state index in [0.717, 1.165) is 42.3 Å². The van der Waals surface area contributed by atoms with Gasteiger partial charge in [-0.25, -0.2) is 0 Å². The number of rotatable bonds is 4. The molecule has 1 fully saturated rings. The third kappa shape index (κ3) is 2.39. The Morgan fingerprint density at radius 3 is 2.57 bits per heavy atom. The molecular weight excluding hydrogens is 282 g/mol. The van der Waals surface area contributed by atoms with E-state index in [0.29, 0.717) is 0 Å². The molecule has 0 radical (unpaired) electrons. The maximum absolute atomic E-state index is 6.54. The van der Waals surface area contributed by atoms with Crippen molar-refractivity contribution in [3.05, 3.63) is 51.8 Å². The quantitative estimate of drug-likeness (QED) is 0.941. The first-order chi connectivity index (χ1) is 10.1. The Kier molecular flexibility index (Phi) is 3.80. The largest absolute Gasteiger partial charge is 0.315 e. The van der Waals surface area contributed by atoms with Gasteiger partial charge in [0.15, 0.2) is 0 Å². The van der Waals surface area contributed by atoms with E-state index >= 15 is 0 Å². The molecule has 1 aromatic carbocycles. The van der Waals surface area contributed by atoms with Crippen molar-refractivity contribution in [1.82, 2.24) is 15.1 Å². The van der Waals surface area contributed by atoms with Crippen molar-refractivity contribution in [2.45, 2.75) is 32.1 Å². The molecule has 0 spiro atoms. The van der Waals surface area contributed by atoms with Crippen molar-refractivity contribution in [2.24, 2.45) is 7.05 Å². The van der Waals surface area contributed by atoms with E-state index in [1.54, 1.807) is 0 Å². The minimum atomic E-state index is 0.147. The summed E-state index contributed by atoms with van der Waals surface area (Å²) >= 11 is 6.54. The van der Waals surface area contributed by atoms with Gasteiger partial charge < -0.3 is 5.32 Å². The minimum Gasteiger partial charge on any atom is -0.315 e. The molecule has 0 unspecified atom stereocenters. The molecule has 3 rings (SSSR count). The van der Waals surface area contributed by atoms with Gasteiger partial charge in [0.25, 0.3) is 0 Å². The molecule has 2 aromatic rings. The van der Waals surface area contributed by atoms with E-state index in [1.165, 1.54) is 11.1 Å². The summed E-state index contributed by atoms with van der Waals surface area (Å²) in [7, 11) is 2.00. The first-order valence-electron chi connectivity index (χ1n) is 7.54. The number of aryl methyl sites for hydroxylation is 3. The lowest BCUT2D eigenvalue weighted by Gasteiger charge is -2.44. The van der Waals surface area contributed by atoms with Crippen LogP contribution in [0.1, 0.15) is 29.4 Å². The topological polar surface area (TPSA) is 29.9 Å². The summed E-state index contributed by atoms with van der Waals surface area (Å²) in [6, 6.07) is 8.68. The predicted octanol–water partition coefficient (Wildman–Crippen LogP) is 3.03. The molecule has 1 N–H and O–H groups in total. The molecule has 112 valence electrons. The van der Waals surface area contributed by atoms with E-state index in [2.05, 4.69) is 48.5 Å². The summed E-state index contributed by atoms with van der Waals surface area (Å²) < 4.78 is 1.96. The highest BCUT2D eigenvalue weighted by atomic mass is 35.5. The molecule has 1 aliphatic rings. The van der Waals surface area contributed by atoms with Crippen molar-refractivity contribution < 1.29 is 0 Å². The summed E-state index contributed by atoms with van der Waals surface area (Å²) in [5.74, 6) is 0. The van der Waals surface area contributed by atoms with Gasteiger partial charge in [-0.3, -0.25) is 4.68 Å². The van der Waals surface area contributed by atoms with Crippen LogP contribution in [0, 0.1) is 6.92 Å². The molecule has 3 nitrogen and oxygen atoms in total. The van der Waals surface area contributed by atoms with Crippen molar-refractivity contribution in [3.63, 3.8) is 0 Å². The smallest absolute Gasteiger partial charge is 0.0850 e. The van der Waals surface area contributed by atoms with Crippen LogP contribution in [0.2, 0.25) is 5.02 Å². The maximum atomic E-state index is 6.54. The Bertz CT molecular complexity index is 656. The number of benzene rings is 1. The normalized spacial score (nSPS) is 16.8. The van der Waals surface area contributed by atoms with Gasteiger partial charge in [-0.05, 0) is 24.5 Å². The van der Waals surface area contributed by atoms with Crippen LogP contribution in [0.25, 0.3) is 0 Å². The highest BCUT2D eigenvalue weighted by Gasteiger charge is 2.41. The average Bonchev–Trinajstić information content (AvgIpc) is 2.70. The van der Waals surface area contributed by atoms with E-state index in [9.17, 15) is 0 Å². The zero-order valence-corrected chi connectivity index (χ0v) is 13.7. The van der Waals surface area contributed by atoms with Gasteiger partial charge in [0, 0.05) is 32.0 Å². The SMILES string of the molecule is CCc1nn(C)c(CC2(c3ccccc3C)CNC2)c1Cl. The lowest BCUT2D eigenvalue weighted by atomic mass is 9.70. The molecule has 0 amide bonds. The molecule has 1 aliphatic heterocycles. The third-order valence-corrected chi connectivity index (χ3v) is 5.09. The number of hydrogen-bond acceptors (Lipinski definition) is 2. The Balaban J connectivity index is 1.99. The molecule has 0 saturated carbocycles. The molecular formula is C17H22ClN3. The standard InChI is InChI=1S/C17H22ClN3/c1-4-14-16(18)15(21(3)20-14)9-17(10-19-11-17)13-8-6-5-7-12(13)2/h5-8,19H,4,9-11H2,1-3H3. The van der Waals surface area contributed by atoms with E-state index in [-0.39, 0.29) is 5.41 Å². The van der Waals surface area contributed by atoms with Crippen LogP contribution >= 0.6 is 11.6 Å². The predicted molar refractivity (Wildman–Crippen MR) is 87.0 cm³/mol. The monoisotopic (exact) mass is 303 g/mol. The average molecular weight is 304 g/mol. The van der Waals surface area contributed by atoms with Crippen LogP contribution in [0.4, 0.5) is 0 Å². The minimum absolute atomic E-state index is 0.147. The fraction of sp³-hybridized carbons (Fsp3) is 0.471. The summed E-state index contributed by atoms with van der Waals surface area (Å²) in [6.45, 7) is 6.29. The lowest BCUT2D eigenvalue weighted by Crippen LogP contribution is -2.58. The van der Waals surface area contributed by atoms with Gasteiger partial charge in [-0.15, -0.1) is 0 Å². The zero-order chi connectivity index (χ0) is 15.0. The van der Waals surface area contributed by atoms with Crippen LogP contribution in [0.15, 0.2) is 24.3 Å². The molecule has 0 aliphatic carbocycles. The Morgan fingerprint density at radius 1 is 1.33 bits per heavy atom. The van der Waals surface area contributed by atoms with Crippen LogP contribution < -0.4 is 5.32 Å². The molecule has 2 heterocycles. The number of nitrogens with zero attached hydrogens (tertiary/aromatic N) is 2. The van der Waals surface area contributed by atoms with Gasteiger partial charge in [0.05, 0.1) is 16.4 Å². The Morgan fingerprint density at radius 2 is 2.05 bits per heavy atom. The van der Waals surface area contributed by atoms with Gasteiger partial charge in [0.1, 0.15) is 0 Å². The van der Waals surface area contributed by atoms with E-state index in [4.69, 9.17) is 11.6 Å². The number of hydrogen-bond donors (Lipinski definition) is 1. The first kappa shape index (κ1) is 14.6. The number of aromatic nitrogens is 2. The maximum Gasteiger partial charge on any atom is 0.0850 e. The fourth-order valence-electron chi connectivity index (χ4n) is 3.34. The zero-order valence-electron chi connectivity index (χ0n) is 12.9. The van der Waals surface area contributed by atoms with Crippen molar-refractivity contribution >= 4 is 11.6 Å². The second kappa shape index (κ2) is 5.47. The lowest BCUT2D eigenvalue weighted by molar-refractivity contribution is 0.268. The second-order valence-electron chi connectivity index (χ2n) is 6.06. The van der Waals surface area contributed by atoms with Crippen molar-refractivity contribution in [1.29, 1.82) is 0 Å². The number of nitrogens with one attached hydrogen (secondary N) is 1. The second-order valence-corrected chi connectivity index (χ2v) is 6.44. The van der Waals surface area contributed by atoms with E-state index < -0.39 is 0 Å². The Hall–Kier alpha value is -1.32.